The van der Waals surface area contributed by atoms with Gasteiger partial charge in [0.1, 0.15) is 0 Å². The second kappa shape index (κ2) is 12.4. The van der Waals surface area contributed by atoms with Gasteiger partial charge in [-0.25, -0.2) is 0 Å². The van der Waals surface area contributed by atoms with Gasteiger partial charge in [-0.15, -0.1) is 0 Å². The molecule has 0 aliphatic heterocycles. The molecule has 2 atom stereocenters. The van der Waals surface area contributed by atoms with Crippen LogP contribution in [0.4, 0.5) is 0 Å². The Morgan fingerprint density at radius 3 is 1.26 bits per heavy atom. The molecule has 230 valence electrons. The maximum atomic E-state index is 6.69. The van der Waals surface area contributed by atoms with Crippen molar-refractivity contribution in [3.05, 3.63) is 166 Å². The number of rotatable bonds is 8. The number of hydrogen-bond donors (Lipinski definition) is 0. The quantitative estimate of drug-likeness (QED) is 0.159. The van der Waals surface area contributed by atoms with Gasteiger partial charge < -0.3 is 0 Å². The van der Waals surface area contributed by atoms with Crippen molar-refractivity contribution in [2.75, 3.05) is 0 Å². The van der Waals surface area contributed by atoms with E-state index in [1.807, 2.05) is 0 Å². The van der Waals surface area contributed by atoms with E-state index < -0.39 is 23.2 Å². The standard InChI is InChI=1S/2C22H19O.Zr/c2*1-15(2)19-10-6-9-17-13-18(14-20(17)19)22-12-11-21(23-22)16-7-4-3-5-8-16;/h2*3-15H,1-2H3;. The Bertz CT molecular complexity index is 1970. The summed E-state index contributed by atoms with van der Waals surface area (Å²) in [4.78, 5) is 0. The van der Waals surface area contributed by atoms with E-state index >= 15 is 0 Å². The van der Waals surface area contributed by atoms with Crippen molar-refractivity contribution in [3.8, 4) is 22.6 Å². The van der Waals surface area contributed by atoms with Gasteiger partial charge in [-0.2, -0.15) is 0 Å². The molecule has 6 aromatic rings. The molecule has 0 fully saturated rings. The molecule has 2 aromatic heterocycles. The normalized spacial score (nSPS) is 16.7. The van der Waals surface area contributed by atoms with Crippen LogP contribution in [0.3, 0.4) is 0 Å². The maximum absolute atomic E-state index is 6.69. The molecule has 0 saturated heterocycles. The number of furan rings is 2. The Morgan fingerprint density at radius 2 is 0.851 bits per heavy atom. The molecule has 0 bridgehead atoms. The van der Waals surface area contributed by atoms with Gasteiger partial charge >= 0.3 is 291 Å². The van der Waals surface area contributed by atoms with Crippen molar-refractivity contribution >= 4 is 23.3 Å². The first-order valence-electron chi connectivity index (χ1n) is 16.7. The van der Waals surface area contributed by atoms with Crippen LogP contribution >= 0.6 is 0 Å². The van der Waals surface area contributed by atoms with Crippen LogP contribution in [0.5, 0.6) is 0 Å². The third kappa shape index (κ3) is 5.49. The first kappa shape index (κ1) is 30.2. The zero-order valence-corrected chi connectivity index (χ0v) is 29.8. The van der Waals surface area contributed by atoms with Gasteiger partial charge in [0.15, 0.2) is 0 Å². The van der Waals surface area contributed by atoms with Gasteiger partial charge in [0.2, 0.25) is 0 Å². The fourth-order valence-electron chi connectivity index (χ4n) is 7.31. The van der Waals surface area contributed by atoms with E-state index in [1.54, 1.807) is 0 Å². The SMILES string of the molecule is CC(C)c1cccc2c1C=C(c1ccc(-c3ccccc3)o1)[CH]2[Zr][CH]1C(c2ccc(-c3ccccc3)o2)=Cc2c(C(C)C)cccc21. The van der Waals surface area contributed by atoms with Gasteiger partial charge in [-0.1, -0.05) is 0 Å². The van der Waals surface area contributed by atoms with E-state index in [-0.39, 0.29) is 0 Å². The number of benzene rings is 4. The summed E-state index contributed by atoms with van der Waals surface area (Å²) in [5, 5.41) is 0. The van der Waals surface area contributed by atoms with Gasteiger partial charge in [0, 0.05) is 0 Å². The molecule has 2 aliphatic rings. The second-order valence-corrected chi connectivity index (χ2v) is 17.0. The van der Waals surface area contributed by atoms with E-state index in [1.165, 1.54) is 44.5 Å². The monoisotopic (exact) mass is 688 g/mol. The molecule has 2 nitrogen and oxygen atoms in total. The van der Waals surface area contributed by atoms with Crippen molar-refractivity contribution in [2.45, 2.75) is 46.8 Å². The molecule has 0 spiro atoms. The van der Waals surface area contributed by atoms with Crippen LogP contribution < -0.4 is 0 Å². The van der Waals surface area contributed by atoms with Crippen molar-refractivity contribution in [1.29, 1.82) is 0 Å². The van der Waals surface area contributed by atoms with Crippen molar-refractivity contribution in [1.82, 2.24) is 0 Å². The van der Waals surface area contributed by atoms with Gasteiger partial charge in [0.05, 0.1) is 0 Å². The summed E-state index contributed by atoms with van der Waals surface area (Å²) in [6, 6.07) is 43.4. The van der Waals surface area contributed by atoms with Crippen molar-refractivity contribution in [2.24, 2.45) is 0 Å². The van der Waals surface area contributed by atoms with Crippen LogP contribution in [-0.2, 0) is 23.2 Å². The predicted molar refractivity (Wildman–Crippen MR) is 191 cm³/mol. The molecule has 0 saturated carbocycles. The Morgan fingerprint density at radius 1 is 0.447 bits per heavy atom. The molecule has 4 aromatic carbocycles. The Balaban J connectivity index is 1.24. The fourth-order valence-corrected chi connectivity index (χ4v) is 12.2. The number of fused-ring (bicyclic) bond motifs is 2. The first-order valence-corrected chi connectivity index (χ1v) is 19.6. The predicted octanol–water partition coefficient (Wildman–Crippen LogP) is 12.4. The Labute approximate surface area is 289 Å². The summed E-state index contributed by atoms with van der Waals surface area (Å²) in [6.07, 6.45) is 4.90. The van der Waals surface area contributed by atoms with Crippen LogP contribution in [0, 0.1) is 0 Å². The zero-order chi connectivity index (χ0) is 32.1. The summed E-state index contributed by atoms with van der Waals surface area (Å²) in [6.45, 7) is 9.22. The van der Waals surface area contributed by atoms with Crippen LogP contribution in [0.1, 0.15) is 91.7 Å². The molecule has 0 radical (unpaired) electrons. The number of allylic oxidation sites excluding steroid dienone is 2. The summed E-state index contributed by atoms with van der Waals surface area (Å²) >= 11 is -1.28. The molecular weight excluding hydrogens is 652 g/mol. The summed E-state index contributed by atoms with van der Waals surface area (Å²) in [7, 11) is 0. The van der Waals surface area contributed by atoms with Gasteiger partial charge in [-0.3, -0.25) is 0 Å². The molecule has 3 heteroatoms. The van der Waals surface area contributed by atoms with Crippen molar-refractivity contribution in [3.63, 3.8) is 0 Å². The molecule has 8 rings (SSSR count). The third-order valence-electron chi connectivity index (χ3n) is 9.67. The van der Waals surface area contributed by atoms with Crippen LogP contribution in [-0.4, -0.2) is 0 Å². The summed E-state index contributed by atoms with van der Waals surface area (Å²) < 4.78 is 14.1. The zero-order valence-electron chi connectivity index (χ0n) is 27.3. The summed E-state index contributed by atoms with van der Waals surface area (Å²) in [5.41, 5.74) is 13.4. The summed E-state index contributed by atoms with van der Waals surface area (Å²) in [5.74, 6) is 4.71. The average Bonchev–Trinajstić information content (AvgIpc) is 3.91. The van der Waals surface area contributed by atoms with E-state index in [0.717, 1.165) is 34.2 Å². The van der Waals surface area contributed by atoms with Crippen LogP contribution in [0.2, 0.25) is 0 Å². The molecule has 0 amide bonds. The fraction of sp³-hybridized carbons (Fsp3) is 0.182. The molecular formula is C44H38O2Zr. The second-order valence-electron chi connectivity index (χ2n) is 13.3. The van der Waals surface area contributed by atoms with E-state index in [2.05, 4.69) is 161 Å². The van der Waals surface area contributed by atoms with Crippen LogP contribution in [0.25, 0.3) is 45.9 Å². The molecule has 0 N–H and O–H groups in total. The minimum absolute atomic E-state index is 0.340. The minimum atomic E-state index is -1.28. The number of hydrogen-bond acceptors (Lipinski definition) is 2. The molecule has 2 aliphatic carbocycles. The molecule has 2 heterocycles. The Hall–Kier alpha value is -4.20. The van der Waals surface area contributed by atoms with Crippen molar-refractivity contribution < 1.29 is 32.1 Å². The average molecular weight is 690 g/mol. The van der Waals surface area contributed by atoms with Gasteiger partial charge in [0.25, 0.3) is 0 Å². The molecule has 47 heavy (non-hydrogen) atoms. The third-order valence-corrected chi connectivity index (χ3v) is 14.4. The van der Waals surface area contributed by atoms with Crippen LogP contribution in [0.15, 0.2) is 130 Å². The topological polar surface area (TPSA) is 26.3 Å². The first-order chi connectivity index (χ1) is 23.0. The van der Waals surface area contributed by atoms with E-state index in [4.69, 9.17) is 8.83 Å². The molecule has 2 unspecified atom stereocenters. The Kier molecular flexibility index (Phi) is 7.98. The van der Waals surface area contributed by atoms with Gasteiger partial charge in [-0.05, 0) is 0 Å². The van der Waals surface area contributed by atoms with E-state index in [0.29, 0.717) is 19.1 Å². The van der Waals surface area contributed by atoms with E-state index in [9.17, 15) is 0 Å².